The highest BCUT2D eigenvalue weighted by atomic mass is 79.9. The van der Waals surface area contributed by atoms with E-state index in [-0.39, 0.29) is 0 Å². The molecule has 0 saturated carbocycles. The van der Waals surface area contributed by atoms with E-state index < -0.39 is 17.3 Å². The van der Waals surface area contributed by atoms with Crippen molar-refractivity contribution in [2.24, 2.45) is 0 Å². The number of benzene rings is 2. The normalized spacial score (nSPS) is 14.8. The van der Waals surface area contributed by atoms with Crippen LogP contribution in [0.4, 0.5) is 13.2 Å². The fraction of sp³-hybridized carbons (Fsp3) is 0.200. The third-order valence-electron chi connectivity index (χ3n) is 3.23. The standard InChI is InChI=1S/C15H11BrClF3O/c1-14(21,12-7-6-11(16)8-13(12)17)9-2-4-10(5-3-9)15(18,19)20/h2-8,21H,1H3. The van der Waals surface area contributed by atoms with Gasteiger partial charge in [0, 0.05) is 15.1 Å². The van der Waals surface area contributed by atoms with Gasteiger partial charge in [-0.3, -0.25) is 0 Å². The molecule has 6 heteroatoms. The summed E-state index contributed by atoms with van der Waals surface area (Å²) < 4.78 is 38.4. The average molecular weight is 380 g/mol. The van der Waals surface area contributed by atoms with Crippen LogP contribution in [0.5, 0.6) is 0 Å². The highest BCUT2D eigenvalue weighted by Gasteiger charge is 2.32. The molecule has 0 aliphatic heterocycles. The quantitative estimate of drug-likeness (QED) is 0.743. The minimum absolute atomic E-state index is 0.328. The number of alkyl halides is 3. The van der Waals surface area contributed by atoms with E-state index in [1.54, 1.807) is 18.2 Å². The maximum atomic E-state index is 12.6. The second-order valence-electron chi connectivity index (χ2n) is 4.77. The van der Waals surface area contributed by atoms with Crippen molar-refractivity contribution in [1.82, 2.24) is 0 Å². The van der Waals surface area contributed by atoms with Gasteiger partial charge in [0.2, 0.25) is 0 Å². The van der Waals surface area contributed by atoms with Crippen LogP contribution in [0.25, 0.3) is 0 Å². The van der Waals surface area contributed by atoms with Crippen molar-refractivity contribution in [2.75, 3.05) is 0 Å². The van der Waals surface area contributed by atoms with E-state index in [0.29, 0.717) is 16.1 Å². The van der Waals surface area contributed by atoms with Crippen molar-refractivity contribution in [1.29, 1.82) is 0 Å². The molecule has 0 aliphatic rings. The zero-order valence-electron chi connectivity index (χ0n) is 10.9. The maximum Gasteiger partial charge on any atom is 0.416 e. The van der Waals surface area contributed by atoms with E-state index in [1.165, 1.54) is 19.1 Å². The smallest absolute Gasteiger partial charge is 0.381 e. The highest BCUT2D eigenvalue weighted by Crippen LogP contribution is 2.37. The first kappa shape index (κ1) is 16.3. The Labute approximate surface area is 133 Å². The lowest BCUT2D eigenvalue weighted by Gasteiger charge is -2.26. The van der Waals surface area contributed by atoms with Gasteiger partial charge in [0.15, 0.2) is 0 Å². The molecule has 0 amide bonds. The molecule has 2 aromatic carbocycles. The molecule has 1 unspecified atom stereocenters. The lowest BCUT2D eigenvalue weighted by molar-refractivity contribution is -0.137. The third-order valence-corrected chi connectivity index (χ3v) is 4.04. The van der Waals surface area contributed by atoms with Gasteiger partial charge in [0.05, 0.1) is 5.56 Å². The zero-order chi connectivity index (χ0) is 15.8. The molecule has 0 heterocycles. The van der Waals surface area contributed by atoms with Gasteiger partial charge in [-0.2, -0.15) is 13.2 Å². The van der Waals surface area contributed by atoms with Gasteiger partial charge >= 0.3 is 6.18 Å². The molecular weight excluding hydrogens is 369 g/mol. The predicted molar refractivity (Wildman–Crippen MR) is 79.3 cm³/mol. The molecule has 0 bridgehead atoms. The van der Waals surface area contributed by atoms with Crippen molar-refractivity contribution in [3.63, 3.8) is 0 Å². The van der Waals surface area contributed by atoms with Gasteiger partial charge in [-0.25, -0.2) is 0 Å². The molecule has 1 nitrogen and oxygen atoms in total. The van der Waals surface area contributed by atoms with Crippen molar-refractivity contribution < 1.29 is 18.3 Å². The summed E-state index contributed by atoms with van der Waals surface area (Å²) in [5, 5.41) is 11.0. The molecule has 0 radical (unpaired) electrons. The Balaban J connectivity index is 2.44. The molecule has 0 aliphatic carbocycles. The molecular formula is C15H11BrClF3O. The largest absolute Gasteiger partial charge is 0.416 e. The summed E-state index contributed by atoms with van der Waals surface area (Å²) in [7, 11) is 0. The lowest BCUT2D eigenvalue weighted by Crippen LogP contribution is -2.23. The summed E-state index contributed by atoms with van der Waals surface area (Å²) in [5.74, 6) is 0. The summed E-state index contributed by atoms with van der Waals surface area (Å²) in [6, 6.07) is 9.34. The molecule has 2 rings (SSSR count). The SMILES string of the molecule is CC(O)(c1ccc(C(F)(F)F)cc1)c1ccc(Br)cc1Cl. The van der Waals surface area contributed by atoms with E-state index in [2.05, 4.69) is 15.9 Å². The van der Waals surface area contributed by atoms with E-state index in [0.717, 1.165) is 16.6 Å². The second kappa shape index (κ2) is 5.63. The van der Waals surface area contributed by atoms with E-state index >= 15 is 0 Å². The highest BCUT2D eigenvalue weighted by molar-refractivity contribution is 9.10. The zero-order valence-corrected chi connectivity index (χ0v) is 13.2. The van der Waals surface area contributed by atoms with Gasteiger partial charge in [-0.15, -0.1) is 0 Å². The Hall–Kier alpha value is -1.04. The Bertz CT molecular complexity index is 651. The van der Waals surface area contributed by atoms with Crippen molar-refractivity contribution in [3.8, 4) is 0 Å². The van der Waals surface area contributed by atoms with Gasteiger partial charge in [-0.05, 0) is 36.8 Å². The second-order valence-corrected chi connectivity index (χ2v) is 6.09. The van der Waals surface area contributed by atoms with E-state index in [1.807, 2.05) is 0 Å². The minimum Gasteiger partial charge on any atom is -0.381 e. The van der Waals surface area contributed by atoms with Crippen LogP contribution in [0.3, 0.4) is 0 Å². The topological polar surface area (TPSA) is 20.2 Å². The van der Waals surface area contributed by atoms with Crippen LogP contribution in [-0.4, -0.2) is 5.11 Å². The van der Waals surface area contributed by atoms with Crippen molar-refractivity contribution >= 4 is 27.5 Å². The maximum absolute atomic E-state index is 12.6. The van der Waals surface area contributed by atoms with Gasteiger partial charge < -0.3 is 5.11 Å². The molecule has 0 saturated heterocycles. The minimum atomic E-state index is -4.40. The first-order chi connectivity index (χ1) is 9.62. The third kappa shape index (κ3) is 3.42. The number of halogens is 5. The van der Waals surface area contributed by atoms with Gasteiger partial charge in [0.1, 0.15) is 5.60 Å². The van der Waals surface area contributed by atoms with Crippen LogP contribution in [0, 0.1) is 0 Å². The molecule has 1 atom stereocenters. The van der Waals surface area contributed by atoms with Gasteiger partial charge in [-0.1, -0.05) is 45.7 Å². The van der Waals surface area contributed by atoms with Crippen LogP contribution in [-0.2, 0) is 11.8 Å². The Morgan fingerprint density at radius 3 is 2.00 bits per heavy atom. The van der Waals surface area contributed by atoms with E-state index in [9.17, 15) is 18.3 Å². The fourth-order valence-corrected chi connectivity index (χ4v) is 2.88. The number of rotatable bonds is 2. The molecule has 2 aromatic rings. The number of hydrogen-bond donors (Lipinski definition) is 1. The van der Waals surface area contributed by atoms with Crippen molar-refractivity contribution in [3.05, 3.63) is 68.7 Å². The van der Waals surface area contributed by atoms with Crippen LogP contribution < -0.4 is 0 Å². The Kier molecular flexibility index (Phi) is 4.38. The fourth-order valence-electron chi connectivity index (χ4n) is 2.02. The summed E-state index contributed by atoms with van der Waals surface area (Å²) in [6.07, 6.45) is -4.40. The van der Waals surface area contributed by atoms with Crippen LogP contribution in [0.1, 0.15) is 23.6 Å². The summed E-state index contributed by atoms with van der Waals surface area (Å²) in [6.45, 7) is 1.49. The van der Waals surface area contributed by atoms with Crippen molar-refractivity contribution in [2.45, 2.75) is 18.7 Å². The Morgan fingerprint density at radius 2 is 1.52 bits per heavy atom. The Morgan fingerprint density at radius 1 is 1.00 bits per heavy atom. The van der Waals surface area contributed by atoms with Crippen LogP contribution >= 0.6 is 27.5 Å². The molecule has 1 N–H and O–H groups in total. The van der Waals surface area contributed by atoms with E-state index in [4.69, 9.17) is 11.6 Å². The molecule has 112 valence electrons. The molecule has 21 heavy (non-hydrogen) atoms. The van der Waals surface area contributed by atoms with Crippen LogP contribution in [0.2, 0.25) is 5.02 Å². The van der Waals surface area contributed by atoms with Crippen LogP contribution in [0.15, 0.2) is 46.9 Å². The summed E-state index contributed by atoms with van der Waals surface area (Å²) in [5.41, 5.74) is -1.49. The molecule has 0 aromatic heterocycles. The average Bonchev–Trinajstić information content (AvgIpc) is 2.37. The molecule has 0 spiro atoms. The molecule has 0 fully saturated rings. The predicted octanol–water partition coefficient (Wildman–Crippen LogP) is 5.38. The summed E-state index contributed by atoms with van der Waals surface area (Å²) >= 11 is 9.36. The summed E-state index contributed by atoms with van der Waals surface area (Å²) in [4.78, 5) is 0. The number of aliphatic hydroxyl groups is 1. The number of hydrogen-bond acceptors (Lipinski definition) is 1. The monoisotopic (exact) mass is 378 g/mol. The first-order valence-electron chi connectivity index (χ1n) is 5.98. The first-order valence-corrected chi connectivity index (χ1v) is 7.15. The lowest BCUT2D eigenvalue weighted by atomic mass is 9.88. The van der Waals surface area contributed by atoms with Gasteiger partial charge in [0.25, 0.3) is 0 Å².